The molecule has 318 valence electrons. The fourth-order valence-corrected chi connectivity index (χ4v) is 8.98. The lowest BCUT2D eigenvalue weighted by Gasteiger charge is -2.28. The SMILES string of the molecule is CCCC1CC(=O)N(CCC(=O)NCCNC(=O)CCSSCCC(=O)NCCCCN2N=C(c3ccc(NC(=O)N4Cc5ccncc5C4)cc3)C(C)CC2=O)C1=O. The molecule has 5 rings (SSSR count). The van der Waals surface area contributed by atoms with Crippen LogP contribution < -0.4 is 21.3 Å². The van der Waals surface area contributed by atoms with Crippen LogP contribution in [0.25, 0.3) is 0 Å². The van der Waals surface area contributed by atoms with Gasteiger partial charge in [-0.2, -0.15) is 5.10 Å². The molecule has 59 heavy (non-hydrogen) atoms. The molecule has 0 aliphatic carbocycles. The van der Waals surface area contributed by atoms with Crippen molar-refractivity contribution in [2.75, 3.05) is 49.5 Å². The number of unbranched alkanes of at least 4 members (excludes halogenated alkanes) is 1. The molecule has 0 radical (unpaired) electrons. The van der Waals surface area contributed by atoms with E-state index >= 15 is 0 Å². The highest BCUT2D eigenvalue weighted by molar-refractivity contribution is 8.76. The highest BCUT2D eigenvalue weighted by Gasteiger charge is 2.37. The van der Waals surface area contributed by atoms with Crippen LogP contribution in [0.2, 0.25) is 0 Å². The number of nitrogens with one attached hydrogen (secondary N) is 4. The van der Waals surface area contributed by atoms with Crippen molar-refractivity contribution in [3.63, 3.8) is 0 Å². The summed E-state index contributed by atoms with van der Waals surface area (Å²) in [6.45, 7) is 6.57. The van der Waals surface area contributed by atoms with Crippen LogP contribution in [0, 0.1) is 11.8 Å². The molecule has 2 unspecified atom stereocenters. The van der Waals surface area contributed by atoms with Crippen molar-refractivity contribution in [1.29, 1.82) is 0 Å². The van der Waals surface area contributed by atoms with Crippen molar-refractivity contribution in [2.24, 2.45) is 16.9 Å². The fraction of sp³-hybridized carbons (Fsp3) is 0.537. The number of anilines is 1. The molecule has 8 amide bonds. The third kappa shape index (κ3) is 13.8. The molecule has 0 bridgehead atoms. The van der Waals surface area contributed by atoms with Gasteiger partial charge in [-0.05, 0) is 54.2 Å². The lowest BCUT2D eigenvalue weighted by molar-refractivity contribution is -0.140. The van der Waals surface area contributed by atoms with E-state index in [0.29, 0.717) is 81.9 Å². The minimum atomic E-state index is -0.282. The number of benzene rings is 1. The van der Waals surface area contributed by atoms with Gasteiger partial charge in [0.25, 0.3) is 0 Å². The van der Waals surface area contributed by atoms with Gasteiger partial charge in [0, 0.05) is 119 Å². The number of amides is 8. The Balaban J connectivity index is 0.869. The second-order valence-electron chi connectivity index (χ2n) is 14.8. The van der Waals surface area contributed by atoms with Crippen LogP contribution in [-0.4, -0.2) is 111 Å². The summed E-state index contributed by atoms with van der Waals surface area (Å²) in [5.41, 5.74) is 4.54. The van der Waals surface area contributed by atoms with E-state index < -0.39 is 0 Å². The van der Waals surface area contributed by atoms with Crippen molar-refractivity contribution in [3.8, 4) is 0 Å². The Morgan fingerprint density at radius 1 is 0.780 bits per heavy atom. The van der Waals surface area contributed by atoms with E-state index in [4.69, 9.17) is 5.10 Å². The Kier molecular flexibility index (Phi) is 17.6. The normalized spacial score (nSPS) is 17.5. The van der Waals surface area contributed by atoms with Crippen LogP contribution >= 0.6 is 21.6 Å². The van der Waals surface area contributed by atoms with E-state index in [1.807, 2.05) is 44.2 Å². The van der Waals surface area contributed by atoms with Crippen molar-refractivity contribution < 1.29 is 33.6 Å². The standard InChI is InChI=1S/C41H55N9O7S2/c1-3-6-30-24-37(54)49(40(30)56)20-12-34(51)44-17-18-45-36(53)14-22-59-58-21-13-35(52)43-15-4-5-19-50-38(55)23-28(2)39(47-50)29-7-9-33(10-8-29)46-41(57)48-26-31-11-16-42-25-32(31)27-48/h7-11,16,25,28,30H,3-6,12-15,17-24,26-27H2,1-2H3,(H,43,52)(H,44,51)(H,45,53)(H,46,57). The molecule has 16 nitrogen and oxygen atoms in total. The molecule has 18 heteroatoms. The number of pyridine rings is 1. The third-order valence-electron chi connectivity index (χ3n) is 10.2. The highest BCUT2D eigenvalue weighted by atomic mass is 33.1. The first-order valence-electron chi connectivity index (χ1n) is 20.4. The molecule has 3 aliphatic heterocycles. The summed E-state index contributed by atoms with van der Waals surface area (Å²) >= 11 is 0. The van der Waals surface area contributed by atoms with Gasteiger partial charge in [0.05, 0.1) is 5.71 Å². The number of hydrazone groups is 1. The lowest BCUT2D eigenvalue weighted by Crippen LogP contribution is -2.38. The minimum absolute atomic E-state index is 0.0311. The predicted octanol–water partition coefficient (Wildman–Crippen LogP) is 4.06. The number of hydrogen-bond donors (Lipinski definition) is 4. The quantitative estimate of drug-likeness (QED) is 0.0761. The first-order valence-corrected chi connectivity index (χ1v) is 22.9. The Hall–Kier alpha value is -4.97. The van der Waals surface area contributed by atoms with Gasteiger partial charge < -0.3 is 26.2 Å². The summed E-state index contributed by atoms with van der Waals surface area (Å²) in [5.74, 6) is -0.0524. The summed E-state index contributed by atoms with van der Waals surface area (Å²) in [6.07, 6.45) is 7.67. The highest BCUT2D eigenvalue weighted by Crippen LogP contribution is 2.26. The third-order valence-corrected chi connectivity index (χ3v) is 12.7. The zero-order valence-corrected chi connectivity index (χ0v) is 35.5. The molecule has 2 aromatic rings. The maximum Gasteiger partial charge on any atom is 0.322 e. The number of urea groups is 1. The average molecular weight is 850 g/mol. The maximum atomic E-state index is 12.9. The van der Waals surface area contributed by atoms with E-state index in [9.17, 15) is 33.6 Å². The lowest BCUT2D eigenvalue weighted by atomic mass is 9.93. The van der Waals surface area contributed by atoms with Gasteiger partial charge >= 0.3 is 6.03 Å². The molecule has 3 aliphatic rings. The summed E-state index contributed by atoms with van der Waals surface area (Å²) in [4.78, 5) is 93.7. The Morgan fingerprint density at radius 3 is 2.12 bits per heavy atom. The number of carbonyl (C=O) groups is 7. The van der Waals surface area contributed by atoms with Gasteiger partial charge in [-0.3, -0.25) is 38.7 Å². The smallest absolute Gasteiger partial charge is 0.322 e. The number of nitrogens with zero attached hydrogens (tertiary/aromatic N) is 5. The molecular weight excluding hydrogens is 795 g/mol. The van der Waals surface area contributed by atoms with E-state index in [2.05, 4.69) is 26.3 Å². The topological polar surface area (TPSA) is 203 Å². The minimum Gasteiger partial charge on any atom is -0.356 e. The summed E-state index contributed by atoms with van der Waals surface area (Å²) in [6, 6.07) is 9.28. The molecule has 1 aromatic carbocycles. The second-order valence-corrected chi connectivity index (χ2v) is 17.5. The molecule has 2 atom stereocenters. The first kappa shape index (κ1) is 45.1. The van der Waals surface area contributed by atoms with E-state index in [1.54, 1.807) is 17.3 Å². The van der Waals surface area contributed by atoms with Crippen LogP contribution in [0.3, 0.4) is 0 Å². The van der Waals surface area contributed by atoms with Crippen LogP contribution in [0.15, 0.2) is 47.8 Å². The molecule has 0 saturated carbocycles. The molecule has 1 fully saturated rings. The fourth-order valence-electron chi connectivity index (χ4n) is 7.00. The Morgan fingerprint density at radius 2 is 1.44 bits per heavy atom. The van der Waals surface area contributed by atoms with Gasteiger partial charge in [-0.15, -0.1) is 0 Å². The van der Waals surface area contributed by atoms with Gasteiger partial charge in [0.15, 0.2) is 0 Å². The van der Waals surface area contributed by atoms with Crippen LogP contribution in [-0.2, 0) is 41.9 Å². The zero-order chi connectivity index (χ0) is 42.1. The molecule has 1 aromatic heterocycles. The van der Waals surface area contributed by atoms with E-state index in [1.165, 1.54) is 31.5 Å². The number of fused-ring (bicyclic) bond motifs is 1. The van der Waals surface area contributed by atoms with Gasteiger partial charge in [0.2, 0.25) is 35.4 Å². The Labute approximate surface area is 353 Å². The number of carbonyl (C=O) groups excluding carboxylic acids is 7. The van der Waals surface area contributed by atoms with Gasteiger partial charge in [-0.1, -0.05) is 54.0 Å². The number of hydrogen-bond acceptors (Lipinski definition) is 11. The summed E-state index contributed by atoms with van der Waals surface area (Å²) in [5, 5.41) is 17.6. The van der Waals surface area contributed by atoms with Crippen molar-refractivity contribution >= 4 is 74.5 Å². The largest absolute Gasteiger partial charge is 0.356 e. The van der Waals surface area contributed by atoms with Crippen molar-refractivity contribution in [3.05, 3.63) is 59.4 Å². The predicted molar refractivity (Wildman–Crippen MR) is 228 cm³/mol. The number of rotatable bonds is 22. The molecule has 1 saturated heterocycles. The van der Waals surface area contributed by atoms with E-state index in [-0.39, 0.29) is 85.8 Å². The number of aromatic nitrogens is 1. The van der Waals surface area contributed by atoms with Crippen LogP contribution in [0.4, 0.5) is 10.5 Å². The molecule has 0 spiro atoms. The Bertz CT molecular complexity index is 1840. The van der Waals surface area contributed by atoms with Gasteiger partial charge in [0.1, 0.15) is 0 Å². The maximum absolute atomic E-state index is 12.9. The molecular formula is C41H55N9O7S2. The van der Waals surface area contributed by atoms with E-state index in [0.717, 1.165) is 28.8 Å². The second kappa shape index (κ2) is 23.0. The molecule has 4 heterocycles. The zero-order valence-electron chi connectivity index (χ0n) is 33.8. The average Bonchev–Trinajstić information content (AvgIpc) is 3.77. The van der Waals surface area contributed by atoms with Crippen LogP contribution in [0.5, 0.6) is 0 Å². The summed E-state index contributed by atoms with van der Waals surface area (Å²) < 4.78 is 0. The number of likely N-dealkylation sites (tertiary alicyclic amines) is 1. The van der Waals surface area contributed by atoms with Crippen molar-refractivity contribution in [2.45, 2.75) is 84.7 Å². The van der Waals surface area contributed by atoms with Crippen molar-refractivity contribution in [1.82, 2.24) is 35.7 Å². The molecule has 4 N–H and O–H groups in total. The number of imide groups is 1. The van der Waals surface area contributed by atoms with Gasteiger partial charge in [-0.25, -0.2) is 9.80 Å². The first-order chi connectivity index (χ1) is 28.5. The van der Waals surface area contributed by atoms with Crippen LogP contribution in [0.1, 0.15) is 88.3 Å². The summed E-state index contributed by atoms with van der Waals surface area (Å²) in [7, 11) is 3.05. The monoisotopic (exact) mass is 849 g/mol.